The van der Waals surface area contributed by atoms with E-state index in [1.165, 1.54) is 35.7 Å². The smallest absolute Gasteiger partial charge is 0.175 e. The molecule has 0 saturated heterocycles. The molecule has 1 aliphatic carbocycles. The monoisotopic (exact) mass is 350 g/mol. The van der Waals surface area contributed by atoms with Crippen LogP contribution in [0.2, 0.25) is 0 Å². The number of carbonyl (C=O) groups is 1. The second-order valence-corrected chi connectivity index (χ2v) is 8.88. The van der Waals surface area contributed by atoms with Gasteiger partial charge < -0.3 is 0 Å². The van der Waals surface area contributed by atoms with Crippen LogP contribution in [0.25, 0.3) is 0 Å². The van der Waals surface area contributed by atoms with Gasteiger partial charge in [0.05, 0.1) is 5.75 Å². The average molecular weight is 351 g/mol. The standard InChI is InChI=1S/C16H18N2OS3/c1-2-20-15-17-18-16(22-15)21-10-14(19)13-8-7-11-5-3-4-6-12(11)9-13/h7-9H,2-6,10H2,1H3. The van der Waals surface area contributed by atoms with Gasteiger partial charge in [-0.3, -0.25) is 4.79 Å². The highest BCUT2D eigenvalue weighted by atomic mass is 32.2. The van der Waals surface area contributed by atoms with E-state index >= 15 is 0 Å². The van der Waals surface area contributed by atoms with E-state index in [1.54, 1.807) is 23.1 Å². The minimum atomic E-state index is 0.179. The van der Waals surface area contributed by atoms with Crippen molar-refractivity contribution in [3.05, 3.63) is 34.9 Å². The quantitative estimate of drug-likeness (QED) is 0.567. The van der Waals surface area contributed by atoms with Gasteiger partial charge in [-0.2, -0.15) is 0 Å². The Hall–Kier alpha value is -0.850. The Morgan fingerprint density at radius 2 is 1.86 bits per heavy atom. The molecule has 0 bridgehead atoms. The first-order valence-corrected chi connectivity index (χ1v) is 10.3. The molecule has 0 aliphatic heterocycles. The topological polar surface area (TPSA) is 42.9 Å². The summed E-state index contributed by atoms with van der Waals surface area (Å²) in [6.07, 6.45) is 4.77. The Labute approximate surface area is 143 Å². The normalized spacial score (nSPS) is 13.9. The van der Waals surface area contributed by atoms with Crippen LogP contribution in [0, 0.1) is 0 Å². The Bertz CT molecular complexity index is 669. The fraction of sp³-hybridized carbons (Fsp3) is 0.438. The lowest BCUT2D eigenvalue weighted by Crippen LogP contribution is -2.07. The van der Waals surface area contributed by atoms with Gasteiger partial charge in [0, 0.05) is 5.56 Å². The maximum absolute atomic E-state index is 12.4. The van der Waals surface area contributed by atoms with Crippen molar-refractivity contribution in [1.82, 2.24) is 10.2 Å². The molecule has 22 heavy (non-hydrogen) atoms. The van der Waals surface area contributed by atoms with Gasteiger partial charge in [-0.05, 0) is 48.6 Å². The fourth-order valence-electron chi connectivity index (χ4n) is 2.55. The molecular formula is C16H18N2OS3. The largest absolute Gasteiger partial charge is 0.293 e. The van der Waals surface area contributed by atoms with Gasteiger partial charge in [-0.15, -0.1) is 10.2 Å². The number of thioether (sulfide) groups is 2. The van der Waals surface area contributed by atoms with Gasteiger partial charge in [-0.25, -0.2) is 0 Å². The lowest BCUT2D eigenvalue weighted by molar-refractivity contribution is 0.102. The molecule has 1 aromatic carbocycles. The molecule has 0 N–H and O–H groups in total. The van der Waals surface area contributed by atoms with Crippen LogP contribution in [-0.4, -0.2) is 27.5 Å². The van der Waals surface area contributed by atoms with E-state index in [-0.39, 0.29) is 5.78 Å². The number of aryl methyl sites for hydroxylation is 2. The molecule has 1 aliphatic rings. The molecule has 6 heteroatoms. The predicted molar refractivity (Wildman–Crippen MR) is 94.4 cm³/mol. The molecule has 3 rings (SSSR count). The van der Waals surface area contributed by atoms with Crippen molar-refractivity contribution in [1.29, 1.82) is 0 Å². The molecular weight excluding hydrogens is 332 g/mol. The van der Waals surface area contributed by atoms with E-state index in [0.717, 1.165) is 32.8 Å². The molecule has 0 unspecified atom stereocenters. The summed E-state index contributed by atoms with van der Waals surface area (Å²) in [6.45, 7) is 2.10. The van der Waals surface area contributed by atoms with Crippen LogP contribution in [0.3, 0.4) is 0 Å². The SMILES string of the molecule is CCSc1nnc(SCC(=O)c2ccc3c(c2)CCCC3)s1. The van der Waals surface area contributed by atoms with Crippen LogP contribution in [0.1, 0.15) is 41.3 Å². The van der Waals surface area contributed by atoms with Gasteiger partial charge in [0.15, 0.2) is 14.5 Å². The zero-order valence-corrected chi connectivity index (χ0v) is 15.0. The van der Waals surface area contributed by atoms with Gasteiger partial charge >= 0.3 is 0 Å². The molecule has 0 radical (unpaired) electrons. The number of hydrogen-bond donors (Lipinski definition) is 0. The summed E-state index contributed by atoms with van der Waals surface area (Å²) in [5, 5.41) is 8.24. The molecule has 0 spiro atoms. The zero-order chi connectivity index (χ0) is 15.4. The first-order valence-electron chi connectivity index (χ1n) is 7.50. The number of fused-ring (bicyclic) bond motifs is 1. The van der Waals surface area contributed by atoms with Crippen molar-refractivity contribution in [2.75, 3.05) is 11.5 Å². The summed E-state index contributed by atoms with van der Waals surface area (Å²) in [5.41, 5.74) is 3.61. The van der Waals surface area contributed by atoms with E-state index in [2.05, 4.69) is 29.3 Å². The van der Waals surface area contributed by atoms with Crippen molar-refractivity contribution in [3.8, 4) is 0 Å². The minimum Gasteiger partial charge on any atom is -0.293 e. The van der Waals surface area contributed by atoms with Crippen LogP contribution in [0.4, 0.5) is 0 Å². The van der Waals surface area contributed by atoms with E-state index in [9.17, 15) is 4.79 Å². The van der Waals surface area contributed by atoms with Crippen molar-refractivity contribution in [2.45, 2.75) is 41.3 Å². The van der Waals surface area contributed by atoms with E-state index in [4.69, 9.17) is 0 Å². The summed E-state index contributed by atoms with van der Waals surface area (Å²) in [7, 11) is 0. The highest BCUT2D eigenvalue weighted by Gasteiger charge is 2.14. The van der Waals surface area contributed by atoms with Gasteiger partial charge in [0.25, 0.3) is 0 Å². The summed E-state index contributed by atoms with van der Waals surface area (Å²) < 4.78 is 1.86. The van der Waals surface area contributed by atoms with Crippen molar-refractivity contribution in [3.63, 3.8) is 0 Å². The summed E-state index contributed by atoms with van der Waals surface area (Å²) in [5.74, 6) is 1.61. The number of ketones is 1. The Balaban J connectivity index is 1.61. The van der Waals surface area contributed by atoms with E-state index < -0.39 is 0 Å². The Morgan fingerprint density at radius 3 is 2.64 bits per heavy atom. The van der Waals surface area contributed by atoms with E-state index in [1.807, 2.05) is 6.07 Å². The molecule has 1 aromatic heterocycles. The molecule has 2 aromatic rings. The summed E-state index contributed by atoms with van der Waals surface area (Å²) >= 11 is 4.75. The highest BCUT2D eigenvalue weighted by Crippen LogP contribution is 2.29. The second-order valence-electron chi connectivity index (χ2n) is 5.17. The van der Waals surface area contributed by atoms with Gasteiger partial charge in [0.2, 0.25) is 0 Å². The minimum absolute atomic E-state index is 0.179. The van der Waals surface area contributed by atoms with Crippen molar-refractivity contribution >= 4 is 40.6 Å². The molecule has 0 fully saturated rings. The Kier molecular flexibility index (Phi) is 5.55. The van der Waals surface area contributed by atoms with Crippen molar-refractivity contribution in [2.24, 2.45) is 0 Å². The van der Waals surface area contributed by atoms with Crippen LogP contribution in [0.15, 0.2) is 26.9 Å². The lowest BCUT2D eigenvalue weighted by Gasteiger charge is -2.16. The number of nitrogens with zero attached hydrogens (tertiary/aromatic N) is 2. The first kappa shape index (κ1) is 16.0. The third kappa shape index (κ3) is 3.91. The van der Waals surface area contributed by atoms with Gasteiger partial charge in [0.1, 0.15) is 0 Å². The van der Waals surface area contributed by atoms with Gasteiger partial charge in [-0.1, -0.05) is 53.9 Å². The third-order valence-electron chi connectivity index (χ3n) is 3.65. The number of aromatic nitrogens is 2. The lowest BCUT2D eigenvalue weighted by atomic mass is 9.90. The molecule has 0 amide bonds. The summed E-state index contributed by atoms with van der Waals surface area (Å²) in [6, 6.07) is 6.20. The number of rotatable bonds is 6. The second kappa shape index (κ2) is 7.62. The number of Topliss-reactive ketones (excluding diaryl/α,β-unsaturated/α-hetero) is 1. The number of carbonyl (C=O) groups excluding carboxylic acids is 1. The molecule has 116 valence electrons. The first-order chi connectivity index (χ1) is 10.8. The average Bonchev–Trinajstić information content (AvgIpc) is 3.00. The van der Waals surface area contributed by atoms with Crippen LogP contribution in [0.5, 0.6) is 0 Å². The van der Waals surface area contributed by atoms with E-state index in [0.29, 0.717) is 5.75 Å². The Morgan fingerprint density at radius 1 is 1.14 bits per heavy atom. The summed E-state index contributed by atoms with van der Waals surface area (Å²) in [4.78, 5) is 12.4. The highest BCUT2D eigenvalue weighted by molar-refractivity contribution is 8.03. The third-order valence-corrected chi connectivity index (χ3v) is 6.72. The van der Waals surface area contributed by atoms with Crippen LogP contribution in [-0.2, 0) is 12.8 Å². The molecule has 0 atom stereocenters. The molecule has 3 nitrogen and oxygen atoms in total. The van der Waals surface area contributed by atoms with Crippen molar-refractivity contribution < 1.29 is 4.79 Å². The fourth-order valence-corrected chi connectivity index (χ4v) is 5.37. The maximum atomic E-state index is 12.4. The number of benzene rings is 1. The predicted octanol–water partition coefficient (Wildman–Crippen LogP) is 4.50. The molecule has 0 saturated carbocycles. The zero-order valence-electron chi connectivity index (χ0n) is 12.5. The van der Waals surface area contributed by atoms with Crippen LogP contribution >= 0.6 is 34.9 Å². The molecule has 1 heterocycles. The number of hydrogen-bond acceptors (Lipinski definition) is 6. The maximum Gasteiger partial charge on any atom is 0.175 e. The van der Waals surface area contributed by atoms with Crippen LogP contribution < -0.4 is 0 Å².